The molecule has 4 heteroatoms. The Morgan fingerprint density at radius 1 is 1.60 bits per heavy atom. The van der Waals surface area contributed by atoms with E-state index >= 15 is 0 Å². The van der Waals surface area contributed by atoms with Gasteiger partial charge in [-0.3, -0.25) is 10.4 Å². The Balaban J connectivity index is 2.96. The number of rotatable bonds is 3. The van der Waals surface area contributed by atoms with Crippen LogP contribution in [-0.2, 0) is 6.37 Å². The third-order valence-electron chi connectivity index (χ3n) is 1.45. The first-order valence-corrected chi connectivity index (χ1v) is 4.34. The molecule has 0 spiro atoms. The summed E-state index contributed by atoms with van der Waals surface area (Å²) in [6.07, 6.45) is -1.92. The topological polar surface area (TPSA) is 74.3 Å². The summed E-state index contributed by atoms with van der Waals surface area (Å²) in [5, 5.41) is 9.61. The maximum atomic E-state index is 7.90. The summed E-state index contributed by atoms with van der Waals surface area (Å²) in [5.74, 6) is 0.0166. The molecule has 1 aromatic rings. The molecule has 0 aliphatic carbocycles. The number of benzene rings is 1. The maximum Gasteiger partial charge on any atom is 0.194 e. The molecule has 1 aromatic carbocycles. The number of nitrogens with one attached hydrogen (secondary N) is 2. The largest absolute Gasteiger partial charge is 0.370 e. The second-order valence-electron chi connectivity index (χ2n) is 2.79. The van der Waals surface area contributed by atoms with Gasteiger partial charge in [-0.05, 0) is 18.9 Å². The predicted octanol–water partition coefficient (Wildman–Crippen LogP) is 1.13. The molecule has 0 fully saturated rings. The molecule has 0 unspecified atom stereocenters. The van der Waals surface area contributed by atoms with E-state index < -0.39 is 6.37 Å². The number of nitrogens with two attached hydrogens (primary N) is 1. The molecule has 0 amide bonds. The molecule has 80 valence electrons. The van der Waals surface area contributed by atoms with E-state index in [2.05, 4.69) is 10.3 Å². The van der Waals surface area contributed by atoms with Crippen molar-refractivity contribution in [2.45, 2.75) is 13.3 Å². The molecule has 0 aliphatic heterocycles. The lowest BCUT2D eigenvalue weighted by Gasteiger charge is -2.02. The van der Waals surface area contributed by atoms with Crippen LogP contribution in [0.25, 0.3) is 0 Å². The third-order valence-corrected chi connectivity index (χ3v) is 1.45. The van der Waals surface area contributed by atoms with E-state index in [1.54, 1.807) is 0 Å². The van der Waals surface area contributed by atoms with Crippen LogP contribution < -0.4 is 11.1 Å². The first-order valence-electron chi connectivity index (χ1n) is 6.84. The van der Waals surface area contributed by atoms with Crippen LogP contribution in [0.5, 0.6) is 0 Å². The highest BCUT2D eigenvalue weighted by molar-refractivity contribution is 5.96. The Morgan fingerprint density at radius 3 is 2.87 bits per heavy atom. The van der Waals surface area contributed by atoms with E-state index in [4.69, 9.17) is 18.0 Å². The van der Waals surface area contributed by atoms with Crippen molar-refractivity contribution in [3.8, 4) is 0 Å². The first-order chi connectivity index (χ1) is 9.13. The van der Waals surface area contributed by atoms with Crippen molar-refractivity contribution in [3.63, 3.8) is 0 Å². The van der Waals surface area contributed by atoms with Gasteiger partial charge in [0.2, 0.25) is 0 Å². The molecule has 0 bridgehead atoms. The second kappa shape index (κ2) is 5.80. The third kappa shape index (κ3) is 4.81. The Hall–Kier alpha value is -1.84. The van der Waals surface area contributed by atoms with E-state index in [0.717, 1.165) is 0 Å². The van der Waals surface area contributed by atoms with E-state index in [9.17, 15) is 0 Å². The molecule has 0 heterocycles. The Kier molecular flexibility index (Phi) is 2.28. The predicted molar refractivity (Wildman–Crippen MR) is 63.2 cm³/mol. The van der Waals surface area contributed by atoms with Crippen molar-refractivity contribution in [1.29, 1.82) is 5.41 Å². The van der Waals surface area contributed by atoms with Gasteiger partial charge in [0.1, 0.15) is 0 Å². The van der Waals surface area contributed by atoms with Gasteiger partial charge in [0.15, 0.2) is 5.96 Å². The summed E-state index contributed by atoms with van der Waals surface area (Å²) in [6.45, 7) is 1.16. The van der Waals surface area contributed by atoms with Gasteiger partial charge in [-0.25, -0.2) is 0 Å². The van der Waals surface area contributed by atoms with Crippen molar-refractivity contribution < 1.29 is 6.85 Å². The lowest BCUT2D eigenvalue weighted by atomic mass is 10.2. The van der Waals surface area contributed by atoms with Crippen LogP contribution in [0.4, 0.5) is 0 Å². The van der Waals surface area contributed by atoms with Crippen molar-refractivity contribution >= 4 is 11.8 Å². The van der Waals surface area contributed by atoms with Crippen molar-refractivity contribution in [1.82, 2.24) is 5.32 Å². The summed E-state index contributed by atoms with van der Waals surface area (Å²) < 4.78 is 38.2. The molecule has 1 rings (SSSR count). The van der Waals surface area contributed by atoms with Crippen LogP contribution in [0.1, 0.15) is 19.3 Å². The van der Waals surface area contributed by atoms with Crippen LogP contribution >= 0.6 is 0 Å². The Bertz CT molecular complexity index is 533. The fourth-order valence-corrected chi connectivity index (χ4v) is 0.861. The van der Waals surface area contributed by atoms with Crippen molar-refractivity contribution in [2.75, 3.05) is 6.54 Å². The highest BCUT2D eigenvalue weighted by Crippen LogP contribution is 1.98. The van der Waals surface area contributed by atoms with Crippen LogP contribution in [0.3, 0.4) is 0 Å². The zero-order chi connectivity index (χ0) is 15.5. The van der Waals surface area contributed by atoms with E-state index in [1.807, 2.05) is 0 Å². The fourth-order valence-electron chi connectivity index (χ4n) is 0.861. The summed E-state index contributed by atoms with van der Waals surface area (Å²) in [6, 6.07) is 1.76. The number of hydrogen-bond donors (Lipinski definition) is 3. The van der Waals surface area contributed by atoms with Crippen LogP contribution in [0.2, 0.25) is 0 Å². The number of amidine groups is 1. The molecular weight excluding hydrogens is 188 g/mol. The molecule has 0 aromatic heterocycles. The number of nitrogens with zero attached hydrogens (tertiary/aromatic N) is 1. The Labute approximate surface area is 96.8 Å². The van der Waals surface area contributed by atoms with Gasteiger partial charge in [-0.15, -0.1) is 0 Å². The van der Waals surface area contributed by atoms with E-state index in [-0.39, 0.29) is 42.0 Å². The van der Waals surface area contributed by atoms with Gasteiger partial charge < -0.3 is 11.1 Å². The van der Waals surface area contributed by atoms with Crippen LogP contribution in [0, 0.1) is 5.41 Å². The van der Waals surface area contributed by atoms with Gasteiger partial charge in [0, 0.05) is 9.29 Å². The van der Waals surface area contributed by atoms with Crippen LogP contribution in [0.15, 0.2) is 35.3 Å². The average Bonchev–Trinajstić information content (AvgIpc) is 2.32. The SMILES string of the molecule is [2H]c1cc(C([2H])([2H])CN=C(N)NC(C)=N)cc([2H])c1[2H]. The molecule has 0 radical (unpaired) electrons. The molecule has 0 atom stereocenters. The van der Waals surface area contributed by atoms with Crippen LogP contribution in [-0.4, -0.2) is 18.3 Å². The van der Waals surface area contributed by atoms with Crippen molar-refractivity contribution in [2.24, 2.45) is 10.7 Å². The normalized spacial score (nSPS) is 16.9. The van der Waals surface area contributed by atoms with Gasteiger partial charge >= 0.3 is 0 Å². The van der Waals surface area contributed by atoms with E-state index in [0.29, 0.717) is 0 Å². The van der Waals surface area contributed by atoms with Gasteiger partial charge in [0.05, 0.1) is 9.95 Å². The average molecular weight is 209 g/mol. The molecule has 0 aliphatic rings. The lowest BCUT2D eigenvalue weighted by Crippen LogP contribution is -2.35. The molecule has 0 saturated carbocycles. The number of aliphatic imine (C=N–C) groups is 1. The second-order valence-corrected chi connectivity index (χ2v) is 2.79. The molecule has 4 nitrogen and oxygen atoms in total. The quantitative estimate of drug-likeness (QED) is 0.515. The summed E-state index contributed by atoms with van der Waals surface area (Å²) in [7, 11) is 0. The molecule has 0 saturated heterocycles. The number of guanidine groups is 1. The highest BCUT2D eigenvalue weighted by atomic mass is 15.1. The van der Waals surface area contributed by atoms with Crippen molar-refractivity contribution in [3.05, 3.63) is 35.8 Å². The van der Waals surface area contributed by atoms with Gasteiger partial charge in [-0.2, -0.15) is 0 Å². The minimum Gasteiger partial charge on any atom is -0.370 e. The molecule has 15 heavy (non-hydrogen) atoms. The monoisotopic (exact) mass is 209 g/mol. The summed E-state index contributed by atoms with van der Waals surface area (Å²) >= 11 is 0. The molecule has 4 N–H and O–H groups in total. The summed E-state index contributed by atoms with van der Waals surface area (Å²) in [4.78, 5) is 3.79. The highest BCUT2D eigenvalue weighted by Gasteiger charge is 1.92. The van der Waals surface area contributed by atoms with E-state index in [1.165, 1.54) is 19.1 Å². The minimum atomic E-state index is -1.92. The fraction of sp³-hybridized carbons (Fsp3) is 0.273. The van der Waals surface area contributed by atoms with Gasteiger partial charge in [-0.1, -0.05) is 30.3 Å². The number of hydrogen-bond acceptors (Lipinski definition) is 2. The zero-order valence-electron chi connectivity index (χ0n) is 13.4. The Morgan fingerprint density at radius 2 is 2.27 bits per heavy atom. The summed E-state index contributed by atoms with van der Waals surface area (Å²) in [5.41, 5.74) is 5.57. The standard InChI is InChI=1S/C11H16N4/c1-9(12)15-11(13)14-8-7-10-5-3-2-4-6-10/h2-6H,7-8H2,1H3,(H4,12,13,14,15)/i2D,3D,4D,7D2. The maximum absolute atomic E-state index is 7.90. The smallest absolute Gasteiger partial charge is 0.194 e. The van der Waals surface area contributed by atoms with Gasteiger partial charge in [0.25, 0.3) is 0 Å². The first kappa shape index (κ1) is 5.90. The lowest BCUT2D eigenvalue weighted by molar-refractivity contribution is 0.955. The molecular formula is C11H16N4. The zero-order valence-corrected chi connectivity index (χ0v) is 8.39. The minimum absolute atomic E-state index is 0.0734.